The Balaban J connectivity index is 3.04. The first-order valence-corrected chi connectivity index (χ1v) is 8.04. The zero-order valence-electron chi connectivity index (χ0n) is 14.8. The van der Waals surface area contributed by atoms with Gasteiger partial charge in [0.1, 0.15) is 5.78 Å². The highest BCUT2D eigenvalue weighted by Crippen LogP contribution is 2.42. The van der Waals surface area contributed by atoms with E-state index >= 15 is 0 Å². The van der Waals surface area contributed by atoms with Crippen molar-refractivity contribution in [3.05, 3.63) is 34.9 Å². The Hall–Kier alpha value is -1.68. The number of methoxy groups -OCH3 is 1. The molecule has 1 aliphatic rings. The molecule has 4 nitrogen and oxygen atoms in total. The molecule has 0 amide bonds. The van der Waals surface area contributed by atoms with Gasteiger partial charge in [0.05, 0.1) is 18.6 Å². The highest BCUT2D eigenvalue weighted by Gasteiger charge is 2.42. The average molecular weight is 320 g/mol. The molecule has 0 aromatic heterocycles. The topological polar surface area (TPSA) is 63.6 Å². The average Bonchev–Trinajstić information content (AvgIpc) is 2.50. The highest BCUT2D eigenvalue weighted by molar-refractivity contribution is 5.82. The monoisotopic (exact) mass is 320 g/mol. The fraction of sp³-hybridized carbons (Fsp3) is 0.579. The predicted molar refractivity (Wildman–Crippen MR) is 90.9 cm³/mol. The third-order valence-electron chi connectivity index (χ3n) is 4.55. The van der Waals surface area contributed by atoms with Crippen LogP contribution in [0.15, 0.2) is 34.9 Å². The van der Waals surface area contributed by atoms with E-state index in [2.05, 4.69) is 0 Å². The minimum atomic E-state index is -0.728. The van der Waals surface area contributed by atoms with Crippen molar-refractivity contribution in [3.8, 4) is 0 Å². The normalized spacial score (nSPS) is 25.8. The summed E-state index contributed by atoms with van der Waals surface area (Å²) in [6, 6.07) is 0. The van der Waals surface area contributed by atoms with E-state index in [1.807, 2.05) is 39.0 Å². The Bertz CT molecular complexity index is 554. The zero-order chi connectivity index (χ0) is 17.6. The lowest BCUT2D eigenvalue weighted by Gasteiger charge is -2.36. The van der Waals surface area contributed by atoms with Crippen LogP contribution in [0.25, 0.3) is 0 Å². The minimum absolute atomic E-state index is 0.172. The summed E-state index contributed by atoms with van der Waals surface area (Å²) in [5, 5.41) is 10.1. The standard InChI is InChI=1S/C19H28O4/c1-13(7-6-8-14(2)20)9-10-16-15(3)17(21)11-12-19(16,4)18(22)23-5/h7,9-10,17,21H,6,8,11-12H2,1-5H3/b10-9+,13-7+/t17-,19+/m1/s1. The molecule has 0 radical (unpaired) electrons. The molecule has 4 heteroatoms. The number of hydrogen-bond donors (Lipinski definition) is 1. The molecule has 0 aliphatic heterocycles. The van der Waals surface area contributed by atoms with Crippen molar-refractivity contribution >= 4 is 11.8 Å². The maximum Gasteiger partial charge on any atom is 0.315 e. The van der Waals surface area contributed by atoms with Crippen LogP contribution in [-0.2, 0) is 14.3 Å². The van der Waals surface area contributed by atoms with Crippen LogP contribution in [0.1, 0.15) is 53.4 Å². The largest absolute Gasteiger partial charge is 0.468 e. The molecule has 0 saturated carbocycles. The Labute approximate surface area is 138 Å². The molecule has 0 saturated heterocycles. The van der Waals surface area contributed by atoms with E-state index in [0.717, 1.165) is 16.7 Å². The molecule has 1 rings (SSSR count). The first-order chi connectivity index (χ1) is 10.7. The molecule has 1 N–H and O–H groups in total. The molecule has 0 aromatic carbocycles. The van der Waals surface area contributed by atoms with Crippen molar-refractivity contribution < 1.29 is 19.4 Å². The van der Waals surface area contributed by atoms with E-state index in [0.29, 0.717) is 25.7 Å². The zero-order valence-corrected chi connectivity index (χ0v) is 14.8. The Morgan fingerprint density at radius 1 is 1.39 bits per heavy atom. The summed E-state index contributed by atoms with van der Waals surface area (Å²) in [5.41, 5.74) is 1.94. The second-order valence-corrected chi connectivity index (χ2v) is 6.50. The lowest BCUT2D eigenvalue weighted by Crippen LogP contribution is -2.37. The van der Waals surface area contributed by atoms with Gasteiger partial charge in [-0.1, -0.05) is 23.8 Å². The van der Waals surface area contributed by atoms with E-state index in [1.54, 1.807) is 6.92 Å². The Morgan fingerprint density at radius 3 is 2.61 bits per heavy atom. The van der Waals surface area contributed by atoms with E-state index in [9.17, 15) is 14.7 Å². The van der Waals surface area contributed by atoms with E-state index in [-0.39, 0.29) is 11.8 Å². The van der Waals surface area contributed by atoms with Gasteiger partial charge in [0.15, 0.2) is 0 Å². The van der Waals surface area contributed by atoms with Crippen LogP contribution in [-0.4, -0.2) is 30.1 Å². The number of allylic oxidation sites excluding steroid dienone is 4. The fourth-order valence-electron chi connectivity index (χ4n) is 2.93. The predicted octanol–water partition coefficient (Wildman–Crippen LogP) is 3.51. The van der Waals surface area contributed by atoms with Crippen LogP contribution in [0.2, 0.25) is 0 Å². The minimum Gasteiger partial charge on any atom is -0.468 e. The summed E-state index contributed by atoms with van der Waals surface area (Å²) in [5.74, 6) is -0.105. The molecular weight excluding hydrogens is 292 g/mol. The molecule has 0 heterocycles. The molecule has 23 heavy (non-hydrogen) atoms. The number of hydrogen-bond acceptors (Lipinski definition) is 4. The molecular formula is C19H28O4. The van der Waals surface area contributed by atoms with Gasteiger partial charge in [-0.25, -0.2) is 0 Å². The Kier molecular flexibility index (Phi) is 6.95. The number of aliphatic hydroxyl groups excluding tert-OH is 1. The van der Waals surface area contributed by atoms with E-state index in [4.69, 9.17) is 4.74 Å². The van der Waals surface area contributed by atoms with E-state index < -0.39 is 11.5 Å². The van der Waals surface area contributed by atoms with Gasteiger partial charge < -0.3 is 14.6 Å². The van der Waals surface area contributed by atoms with Crippen molar-refractivity contribution in [2.75, 3.05) is 7.11 Å². The van der Waals surface area contributed by atoms with Crippen LogP contribution >= 0.6 is 0 Å². The molecule has 0 unspecified atom stereocenters. The quantitative estimate of drug-likeness (QED) is 0.601. The van der Waals surface area contributed by atoms with Gasteiger partial charge in [0.2, 0.25) is 0 Å². The second-order valence-electron chi connectivity index (χ2n) is 6.50. The van der Waals surface area contributed by atoms with Crippen LogP contribution in [0.3, 0.4) is 0 Å². The first-order valence-electron chi connectivity index (χ1n) is 8.04. The molecule has 0 aromatic rings. The smallest absolute Gasteiger partial charge is 0.315 e. The molecule has 2 atom stereocenters. The summed E-state index contributed by atoms with van der Waals surface area (Å²) in [6.07, 6.45) is 7.67. The van der Waals surface area contributed by atoms with Gasteiger partial charge in [-0.05, 0) is 58.1 Å². The maximum absolute atomic E-state index is 12.2. The van der Waals surface area contributed by atoms with Crippen molar-refractivity contribution in [1.82, 2.24) is 0 Å². The number of carbonyl (C=O) groups is 2. The van der Waals surface area contributed by atoms with Crippen molar-refractivity contribution in [2.45, 2.75) is 59.5 Å². The summed E-state index contributed by atoms with van der Waals surface area (Å²) in [4.78, 5) is 23.2. The molecule has 0 spiro atoms. The Morgan fingerprint density at radius 2 is 2.04 bits per heavy atom. The third kappa shape index (κ3) is 4.90. The second kappa shape index (κ2) is 8.25. The number of rotatable bonds is 6. The number of esters is 1. The van der Waals surface area contributed by atoms with E-state index in [1.165, 1.54) is 7.11 Å². The van der Waals surface area contributed by atoms with Gasteiger partial charge in [0.25, 0.3) is 0 Å². The summed E-state index contributed by atoms with van der Waals surface area (Å²) >= 11 is 0. The number of aliphatic hydroxyl groups is 1. The maximum atomic E-state index is 12.2. The molecule has 1 aliphatic carbocycles. The lowest BCUT2D eigenvalue weighted by atomic mass is 9.70. The number of Topliss-reactive ketones (excluding diaryl/α,β-unsaturated/α-hetero) is 1. The third-order valence-corrected chi connectivity index (χ3v) is 4.55. The highest BCUT2D eigenvalue weighted by atomic mass is 16.5. The summed E-state index contributed by atoms with van der Waals surface area (Å²) < 4.78 is 4.96. The van der Waals surface area contributed by atoms with Crippen LogP contribution < -0.4 is 0 Å². The molecule has 0 fully saturated rings. The van der Waals surface area contributed by atoms with Crippen LogP contribution in [0.4, 0.5) is 0 Å². The SMILES string of the molecule is COC(=O)[C@@]1(C)CC[C@@H](O)C(C)=C1/C=C/C(C)=C/CCC(C)=O. The van der Waals surface area contributed by atoms with Crippen molar-refractivity contribution in [3.63, 3.8) is 0 Å². The van der Waals surface area contributed by atoms with Gasteiger partial charge in [-0.15, -0.1) is 0 Å². The molecule has 0 bridgehead atoms. The van der Waals surface area contributed by atoms with Gasteiger partial charge >= 0.3 is 5.97 Å². The lowest BCUT2D eigenvalue weighted by molar-refractivity contribution is -0.150. The number of carbonyl (C=O) groups excluding carboxylic acids is 2. The number of ketones is 1. The first kappa shape index (κ1) is 19.4. The summed E-state index contributed by atoms with van der Waals surface area (Å²) in [7, 11) is 1.39. The summed E-state index contributed by atoms with van der Waals surface area (Å²) in [6.45, 7) is 7.27. The number of ether oxygens (including phenoxy) is 1. The fourth-order valence-corrected chi connectivity index (χ4v) is 2.93. The van der Waals surface area contributed by atoms with Crippen LogP contribution in [0, 0.1) is 5.41 Å². The van der Waals surface area contributed by atoms with Gasteiger partial charge in [-0.3, -0.25) is 4.79 Å². The van der Waals surface area contributed by atoms with Crippen LogP contribution in [0.5, 0.6) is 0 Å². The van der Waals surface area contributed by atoms with Crippen molar-refractivity contribution in [1.29, 1.82) is 0 Å². The van der Waals surface area contributed by atoms with Crippen molar-refractivity contribution in [2.24, 2.45) is 5.41 Å². The van der Waals surface area contributed by atoms with Gasteiger partial charge in [0, 0.05) is 6.42 Å². The van der Waals surface area contributed by atoms with Gasteiger partial charge in [-0.2, -0.15) is 0 Å². The molecule has 128 valence electrons.